The van der Waals surface area contributed by atoms with E-state index in [0.29, 0.717) is 23.9 Å². The number of hydrogen-bond donors (Lipinski definition) is 2. The summed E-state index contributed by atoms with van der Waals surface area (Å²) < 4.78 is 30.6. The quantitative estimate of drug-likeness (QED) is 0.0205. The predicted molar refractivity (Wildman–Crippen MR) is 346 cm³/mol. The van der Waals surface area contributed by atoms with Crippen molar-refractivity contribution in [2.45, 2.75) is 258 Å². The first kappa shape index (κ1) is 76.1. The highest BCUT2D eigenvalue weighted by molar-refractivity contribution is 7.47. The van der Waals surface area contributed by atoms with Crippen LogP contribution in [0, 0.1) is 0 Å². The van der Waals surface area contributed by atoms with Gasteiger partial charge in [-0.1, -0.05) is 245 Å². The van der Waals surface area contributed by atoms with Crippen molar-refractivity contribution in [2.24, 2.45) is 0 Å². The maximum absolute atomic E-state index is 13.6. The molecule has 0 radical (unpaired) electrons. The van der Waals surface area contributed by atoms with Crippen molar-refractivity contribution in [3.63, 3.8) is 0 Å². The van der Waals surface area contributed by atoms with E-state index < -0.39 is 20.0 Å². The van der Waals surface area contributed by atoms with Gasteiger partial charge < -0.3 is 19.4 Å². The molecule has 3 unspecified atom stereocenters. The van der Waals surface area contributed by atoms with E-state index in [4.69, 9.17) is 13.8 Å². The lowest BCUT2D eigenvalue weighted by atomic mass is 10.0. The number of quaternary nitrogens is 1. The molecule has 2 N–H and O–H groups in total. The summed E-state index contributed by atoms with van der Waals surface area (Å²) in [6.07, 6.45) is 83.1. The number of likely N-dealkylation sites (N-methyl/N-ethyl adjacent to an activating group) is 1. The number of hydrogen-bond acceptors (Lipinski definition) is 6. The van der Waals surface area contributed by atoms with Crippen LogP contribution in [-0.4, -0.2) is 74.3 Å². The summed E-state index contributed by atoms with van der Waals surface area (Å²) in [5.41, 5.74) is 0. The molecule has 0 aromatic rings. The summed E-state index contributed by atoms with van der Waals surface area (Å²) in [6, 6.07) is -0.888. The largest absolute Gasteiger partial charge is 0.472 e. The van der Waals surface area contributed by atoms with Gasteiger partial charge in [-0.05, 0) is 122 Å². The number of phosphoric ester groups is 1. The number of amides is 1. The molecule has 0 saturated carbocycles. The topological polar surface area (TPSA) is 111 Å². The Hall–Kier alpha value is -3.85. The minimum absolute atomic E-state index is 0.0213. The van der Waals surface area contributed by atoms with E-state index in [1.807, 2.05) is 33.3 Å². The maximum Gasteiger partial charge on any atom is 0.472 e. The average molecular weight is 1130 g/mol. The van der Waals surface area contributed by atoms with Gasteiger partial charge in [-0.2, -0.15) is 0 Å². The molecule has 0 bridgehead atoms. The van der Waals surface area contributed by atoms with Crippen molar-refractivity contribution < 1.29 is 37.3 Å². The second kappa shape index (κ2) is 58.4. The highest BCUT2D eigenvalue weighted by Gasteiger charge is 2.30. The lowest BCUT2D eigenvalue weighted by molar-refractivity contribution is -0.870. The van der Waals surface area contributed by atoms with E-state index in [9.17, 15) is 19.0 Å². The van der Waals surface area contributed by atoms with Crippen molar-refractivity contribution >= 4 is 19.7 Å². The third-order valence-electron chi connectivity index (χ3n) is 13.3. The fourth-order valence-corrected chi connectivity index (χ4v) is 9.14. The molecular formula is C70H120N2O7P+. The van der Waals surface area contributed by atoms with Crippen LogP contribution < -0.4 is 5.32 Å². The first-order valence-corrected chi connectivity index (χ1v) is 33.5. The Balaban J connectivity index is 5.31. The van der Waals surface area contributed by atoms with Gasteiger partial charge in [0, 0.05) is 12.8 Å². The van der Waals surface area contributed by atoms with Gasteiger partial charge in [0.1, 0.15) is 19.3 Å². The zero-order valence-electron chi connectivity index (χ0n) is 52.0. The summed E-state index contributed by atoms with van der Waals surface area (Å²) in [6.45, 7) is 6.80. The fourth-order valence-electron chi connectivity index (χ4n) is 8.41. The number of nitrogens with one attached hydrogen (secondary N) is 1. The molecule has 0 aromatic carbocycles. The number of unbranched alkanes of at least 4 members (excludes halogenated alkanes) is 20. The van der Waals surface area contributed by atoms with Crippen LogP contribution in [0.3, 0.4) is 0 Å². The molecule has 9 nitrogen and oxygen atoms in total. The standard InChI is InChI=1S/C70H119N2O7P/c1-7-10-13-16-19-22-25-28-30-32-33-34-35-36-37-38-39-41-42-44-47-50-53-56-59-62-69(73)71-67(66-78-80(75,76)77-65-64-72(4,5)6)68(61-58-55-52-49-46-27-24-21-18-15-12-9-3)79-70(74)63-60-57-54-51-48-45-43-40-31-29-26-23-20-17-14-11-8-2/h10,13,19-20,22-23,28-31,33-34,36-37,39,41,43,45,51,54,58,61,67-68H,7-9,11-12,14-18,21,24-27,32,35,38,40,42,44,46-50,52-53,55-57,59-60,62-66H2,1-6H3,(H-,71,73,75,76)/p+1/b13-10-,22-19-,23-20-,30-28-,31-29-,34-33-,37-36-,41-39-,45-43-,54-51-,61-58-. The van der Waals surface area contributed by atoms with Crippen LogP contribution in [0.1, 0.15) is 245 Å². The van der Waals surface area contributed by atoms with Gasteiger partial charge in [0.25, 0.3) is 0 Å². The Morgan fingerprint density at radius 2 is 0.812 bits per heavy atom. The van der Waals surface area contributed by atoms with Crippen LogP contribution >= 0.6 is 7.82 Å². The highest BCUT2D eigenvalue weighted by atomic mass is 31.2. The molecule has 3 atom stereocenters. The second-order valence-electron chi connectivity index (χ2n) is 22.2. The summed E-state index contributed by atoms with van der Waals surface area (Å²) in [7, 11) is 1.44. The molecule has 0 aliphatic rings. The van der Waals surface area contributed by atoms with Gasteiger partial charge >= 0.3 is 13.8 Å². The minimum atomic E-state index is -4.48. The van der Waals surface area contributed by atoms with Crippen LogP contribution in [0.15, 0.2) is 134 Å². The third kappa shape index (κ3) is 58.8. The van der Waals surface area contributed by atoms with Gasteiger partial charge in [-0.3, -0.25) is 18.6 Å². The van der Waals surface area contributed by atoms with Crippen LogP contribution in [0.5, 0.6) is 0 Å². The SMILES string of the molecule is CC/C=C\C/C=C\C/C=C\C/C=C\C/C=C\C/C=C\CCCCCCCCC(=O)NC(COP(=O)(O)OCC[N+](C)(C)C)C(/C=C\CCCCCCCCCCCC)OC(=O)CCC/C=C\C/C=C\C/C=C\C/C=C\CCCCC. The molecule has 0 rings (SSSR count). The molecule has 0 aromatic heterocycles. The van der Waals surface area contributed by atoms with Gasteiger partial charge in [0.2, 0.25) is 5.91 Å². The van der Waals surface area contributed by atoms with Gasteiger partial charge in [0.15, 0.2) is 0 Å². The van der Waals surface area contributed by atoms with Crippen molar-refractivity contribution in [1.82, 2.24) is 5.32 Å². The summed E-state index contributed by atoms with van der Waals surface area (Å²) in [4.78, 5) is 37.7. The van der Waals surface area contributed by atoms with Gasteiger partial charge in [0.05, 0.1) is 33.8 Å². The number of carbonyl (C=O) groups is 2. The molecule has 0 spiro atoms. The summed E-state index contributed by atoms with van der Waals surface area (Å²) in [5, 5.41) is 3.03. The third-order valence-corrected chi connectivity index (χ3v) is 14.3. The first-order valence-electron chi connectivity index (χ1n) is 32.0. The van der Waals surface area contributed by atoms with Gasteiger partial charge in [-0.15, -0.1) is 0 Å². The van der Waals surface area contributed by atoms with Gasteiger partial charge in [-0.25, -0.2) is 4.57 Å². The smallest absolute Gasteiger partial charge is 0.456 e. The van der Waals surface area contributed by atoms with E-state index in [-0.39, 0.29) is 31.5 Å². The van der Waals surface area contributed by atoms with E-state index in [0.717, 1.165) is 128 Å². The van der Waals surface area contributed by atoms with Crippen molar-refractivity contribution in [3.05, 3.63) is 134 Å². The second-order valence-corrected chi connectivity index (χ2v) is 23.6. The molecule has 1 amide bonds. The molecular weight excluding hydrogens is 1010 g/mol. The first-order chi connectivity index (χ1) is 38.9. The van der Waals surface area contributed by atoms with Crippen LogP contribution in [0.25, 0.3) is 0 Å². The normalized spacial score (nSPS) is 14.5. The Morgan fingerprint density at radius 1 is 0.450 bits per heavy atom. The molecule has 0 heterocycles. The number of esters is 1. The molecule has 0 aliphatic carbocycles. The Morgan fingerprint density at radius 3 is 1.25 bits per heavy atom. The minimum Gasteiger partial charge on any atom is -0.456 e. The highest BCUT2D eigenvalue weighted by Crippen LogP contribution is 2.43. The van der Waals surface area contributed by atoms with Crippen LogP contribution in [-0.2, 0) is 27.9 Å². The summed E-state index contributed by atoms with van der Waals surface area (Å²) >= 11 is 0. The number of carbonyl (C=O) groups excluding carboxylic acids is 2. The maximum atomic E-state index is 13.6. The average Bonchev–Trinajstić information content (AvgIpc) is 3.42. The number of nitrogens with zero attached hydrogens (tertiary/aromatic N) is 1. The fraction of sp³-hybridized carbons (Fsp3) is 0.657. The van der Waals surface area contributed by atoms with E-state index in [1.165, 1.54) is 77.0 Å². The predicted octanol–water partition coefficient (Wildman–Crippen LogP) is 20.1. The monoisotopic (exact) mass is 1130 g/mol. The lowest BCUT2D eigenvalue weighted by Crippen LogP contribution is -2.47. The number of ether oxygens (including phenoxy) is 1. The van der Waals surface area contributed by atoms with Crippen molar-refractivity contribution in [3.8, 4) is 0 Å². The number of phosphoric acid groups is 1. The molecule has 456 valence electrons. The Bertz CT molecular complexity index is 1830. The lowest BCUT2D eigenvalue weighted by Gasteiger charge is -2.27. The molecule has 0 fully saturated rings. The molecule has 0 aliphatic heterocycles. The molecule has 80 heavy (non-hydrogen) atoms. The van der Waals surface area contributed by atoms with E-state index in [2.05, 4.69) is 148 Å². The summed E-state index contributed by atoms with van der Waals surface area (Å²) in [5.74, 6) is -0.597. The van der Waals surface area contributed by atoms with E-state index >= 15 is 0 Å². The Labute approximate surface area is 492 Å². The molecule has 10 heteroatoms. The van der Waals surface area contributed by atoms with Crippen LogP contribution in [0.4, 0.5) is 0 Å². The molecule has 0 saturated heterocycles. The van der Waals surface area contributed by atoms with Crippen LogP contribution in [0.2, 0.25) is 0 Å². The van der Waals surface area contributed by atoms with E-state index in [1.54, 1.807) is 0 Å². The number of rotatable bonds is 56. The van der Waals surface area contributed by atoms with Crippen molar-refractivity contribution in [1.29, 1.82) is 0 Å². The number of allylic oxidation sites excluding steroid dienone is 21. The van der Waals surface area contributed by atoms with Crippen molar-refractivity contribution in [2.75, 3.05) is 40.9 Å². The zero-order chi connectivity index (χ0) is 58.6. The zero-order valence-corrected chi connectivity index (χ0v) is 52.9. The Kier molecular flexibility index (Phi) is 55.5.